The van der Waals surface area contributed by atoms with Crippen molar-refractivity contribution >= 4 is 41.1 Å². The monoisotopic (exact) mass is 486 g/mol. The fourth-order valence-corrected chi connectivity index (χ4v) is 2.92. The Hall–Kier alpha value is -5.17. The van der Waals surface area contributed by atoms with Crippen molar-refractivity contribution in [1.29, 1.82) is 5.26 Å². The third kappa shape index (κ3) is 7.16. The topological polar surface area (TPSA) is 151 Å². The first-order valence-electron chi connectivity index (χ1n) is 10.8. The first-order valence-corrected chi connectivity index (χ1v) is 10.8. The smallest absolute Gasteiger partial charge is 0.338 e. The van der Waals surface area contributed by atoms with Gasteiger partial charge in [0.2, 0.25) is 0 Å². The Bertz CT molecular complexity index is 1320. The molecule has 0 aliphatic carbocycles. The van der Waals surface area contributed by atoms with Gasteiger partial charge in [0.15, 0.2) is 0 Å². The molecule has 10 nitrogen and oxygen atoms in total. The maximum atomic E-state index is 12.3. The number of esters is 1. The molecule has 0 saturated heterocycles. The minimum Gasteiger partial charge on any atom is -0.462 e. The largest absolute Gasteiger partial charge is 0.462 e. The summed E-state index contributed by atoms with van der Waals surface area (Å²) in [7, 11) is 0. The van der Waals surface area contributed by atoms with Gasteiger partial charge in [-0.3, -0.25) is 14.4 Å². The van der Waals surface area contributed by atoms with Gasteiger partial charge in [0, 0.05) is 17.5 Å². The van der Waals surface area contributed by atoms with Crippen molar-refractivity contribution in [2.75, 3.05) is 17.2 Å². The van der Waals surface area contributed by atoms with Crippen LogP contribution < -0.4 is 16.0 Å². The van der Waals surface area contributed by atoms with E-state index in [0.717, 1.165) is 0 Å². The molecule has 0 radical (unpaired) electrons. The van der Waals surface area contributed by atoms with E-state index < -0.39 is 23.7 Å². The van der Waals surface area contributed by atoms with E-state index in [2.05, 4.69) is 16.0 Å². The first-order chi connectivity index (χ1) is 17.4. The Balaban J connectivity index is 1.52. The second-order valence-electron chi connectivity index (χ2n) is 7.23. The van der Waals surface area contributed by atoms with Gasteiger partial charge in [-0.15, -0.1) is 0 Å². The molecule has 0 atom stereocenters. The van der Waals surface area contributed by atoms with E-state index in [4.69, 9.17) is 9.15 Å². The summed E-state index contributed by atoms with van der Waals surface area (Å²) in [4.78, 5) is 48.2. The number of para-hydroxylation sites is 1. The third-order valence-electron chi connectivity index (χ3n) is 4.65. The highest BCUT2D eigenvalue weighted by Gasteiger charge is 2.15. The number of carbonyl (C=O) groups excluding carboxylic acids is 4. The van der Waals surface area contributed by atoms with Crippen LogP contribution in [0, 0.1) is 11.3 Å². The van der Waals surface area contributed by atoms with Gasteiger partial charge >= 0.3 is 17.8 Å². The summed E-state index contributed by atoms with van der Waals surface area (Å²) in [5, 5.41) is 16.8. The van der Waals surface area contributed by atoms with Gasteiger partial charge < -0.3 is 25.1 Å². The molecular formula is C26H22N4O6. The van der Waals surface area contributed by atoms with Crippen molar-refractivity contribution < 1.29 is 28.3 Å². The van der Waals surface area contributed by atoms with E-state index in [1.165, 1.54) is 36.4 Å². The zero-order valence-corrected chi connectivity index (χ0v) is 19.2. The van der Waals surface area contributed by atoms with Gasteiger partial charge in [0.1, 0.15) is 23.2 Å². The number of nitrogens with one attached hydrogen (secondary N) is 3. The van der Waals surface area contributed by atoms with Gasteiger partial charge in [-0.25, -0.2) is 4.79 Å². The average molecular weight is 486 g/mol. The van der Waals surface area contributed by atoms with Crippen LogP contribution in [0.1, 0.15) is 28.8 Å². The lowest BCUT2D eigenvalue weighted by Crippen LogP contribution is -2.34. The van der Waals surface area contributed by atoms with E-state index in [1.807, 2.05) is 6.07 Å². The number of amides is 3. The van der Waals surface area contributed by atoms with Crippen LogP contribution in [0.4, 0.5) is 11.4 Å². The van der Waals surface area contributed by atoms with Gasteiger partial charge in [-0.2, -0.15) is 5.26 Å². The van der Waals surface area contributed by atoms with Crippen LogP contribution in [0.3, 0.4) is 0 Å². The molecule has 0 aliphatic rings. The summed E-state index contributed by atoms with van der Waals surface area (Å²) in [5.41, 5.74) is 1.02. The molecule has 36 heavy (non-hydrogen) atoms. The summed E-state index contributed by atoms with van der Waals surface area (Å²) >= 11 is 0. The SMILES string of the molecule is CCOC(=O)c1ccc(NC(=O)C(=O)NCc2ccc(/C=C(/C#N)C(=O)Nc3ccccc3)o2)cc1. The fourth-order valence-electron chi connectivity index (χ4n) is 2.92. The quantitative estimate of drug-likeness (QED) is 0.191. The Morgan fingerprint density at radius 3 is 2.22 bits per heavy atom. The normalized spacial score (nSPS) is 10.6. The van der Waals surface area contributed by atoms with E-state index in [9.17, 15) is 24.4 Å². The number of furan rings is 1. The second-order valence-corrected chi connectivity index (χ2v) is 7.23. The van der Waals surface area contributed by atoms with Gasteiger partial charge in [-0.1, -0.05) is 18.2 Å². The van der Waals surface area contributed by atoms with Gasteiger partial charge in [-0.05, 0) is 55.5 Å². The fraction of sp³-hybridized carbons (Fsp3) is 0.115. The van der Waals surface area contributed by atoms with Crippen molar-refractivity contribution in [2.24, 2.45) is 0 Å². The van der Waals surface area contributed by atoms with Crippen LogP contribution in [0.15, 0.2) is 76.7 Å². The lowest BCUT2D eigenvalue weighted by molar-refractivity contribution is -0.136. The molecule has 10 heteroatoms. The number of carbonyl (C=O) groups is 4. The average Bonchev–Trinajstić information content (AvgIpc) is 3.34. The van der Waals surface area contributed by atoms with Gasteiger partial charge in [0.25, 0.3) is 5.91 Å². The lowest BCUT2D eigenvalue weighted by Gasteiger charge is -2.07. The van der Waals surface area contributed by atoms with Crippen LogP contribution in [-0.2, 0) is 25.7 Å². The highest BCUT2D eigenvalue weighted by atomic mass is 16.5. The molecule has 0 saturated carbocycles. The molecule has 0 fully saturated rings. The minimum absolute atomic E-state index is 0.0972. The number of hydrogen-bond acceptors (Lipinski definition) is 7. The van der Waals surface area contributed by atoms with Crippen LogP contribution >= 0.6 is 0 Å². The molecule has 1 aromatic heterocycles. The molecule has 3 aromatic rings. The van der Waals surface area contributed by atoms with E-state index >= 15 is 0 Å². The van der Waals surface area contributed by atoms with Crippen LogP contribution in [0.2, 0.25) is 0 Å². The summed E-state index contributed by atoms with van der Waals surface area (Å²) in [6, 6.07) is 19.5. The molecule has 182 valence electrons. The summed E-state index contributed by atoms with van der Waals surface area (Å²) in [6.07, 6.45) is 1.27. The summed E-state index contributed by atoms with van der Waals surface area (Å²) in [5.74, 6) is -2.36. The van der Waals surface area contributed by atoms with Crippen molar-refractivity contribution in [3.63, 3.8) is 0 Å². The molecule has 0 spiro atoms. The molecule has 1 heterocycles. The number of ether oxygens (including phenoxy) is 1. The zero-order valence-electron chi connectivity index (χ0n) is 19.2. The van der Waals surface area contributed by atoms with Gasteiger partial charge in [0.05, 0.1) is 18.7 Å². The highest BCUT2D eigenvalue weighted by Crippen LogP contribution is 2.14. The first kappa shape index (κ1) is 25.5. The Kier molecular flexibility index (Phi) is 8.72. The maximum absolute atomic E-state index is 12.3. The molecule has 3 amide bonds. The molecule has 0 bridgehead atoms. The van der Waals surface area contributed by atoms with Crippen molar-refractivity contribution in [1.82, 2.24) is 5.32 Å². The summed E-state index contributed by atoms with van der Waals surface area (Å²) in [6.45, 7) is 1.84. The zero-order chi connectivity index (χ0) is 25.9. The van der Waals surface area contributed by atoms with E-state index in [-0.39, 0.29) is 24.5 Å². The Morgan fingerprint density at radius 1 is 0.889 bits per heavy atom. The number of hydrogen-bond donors (Lipinski definition) is 3. The molecular weight excluding hydrogens is 464 g/mol. The van der Waals surface area contributed by atoms with Crippen LogP contribution in [-0.4, -0.2) is 30.3 Å². The molecule has 3 N–H and O–H groups in total. The van der Waals surface area contributed by atoms with E-state index in [0.29, 0.717) is 22.7 Å². The maximum Gasteiger partial charge on any atom is 0.338 e. The number of anilines is 2. The number of benzene rings is 2. The predicted octanol–water partition coefficient (Wildman–Crippen LogP) is 3.26. The van der Waals surface area contributed by atoms with Crippen molar-refractivity contribution in [3.05, 3.63) is 89.4 Å². The molecule has 3 rings (SSSR count). The number of rotatable bonds is 8. The summed E-state index contributed by atoms with van der Waals surface area (Å²) < 4.78 is 10.4. The number of nitriles is 1. The van der Waals surface area contributed by atoms with E-state index in [1.54, 1.807) is 43.3 Å². The second kappa shape index (κ2) is 12.3. The Morgan fingerprint density at radius 2 is 1.56 bits per heavy atom. The number of nitrogens with zero attached hydrogens (tertiary/aromatic N) is 1. The van der Waals surface area contributed by atoms with Crippen LogP contribution in [0.5, 0.6) is 0 Å². The standard InChI is InChI=1S/C26H22N4O6/c1-2-35-26(34)17-8-10-20(11-9-17)30-25(33)24(32)28-16-22-13-12-21(36-22)14-18(15-27)23(31)29-19-6-4-3-5-7-19/h3-14H,2,16H2,1H3,(H,28,32)(H,29,31)(H,30,33)/b18-14-. The van der Waals surface area contributed by atoms with Crippen molar-refractivity contribution in [3.8, 4) is 6.07 Å². The minimum atomic E-state index is -0.907. The third-order valence-corrected chi connectivity index (χ3v) is 4.65. The molecule has 2 aromatic carbocycles. The highest BCUT2D eigenvalue weighted by molar-refractivity contribution is 6.39. The predicted molar refractivity (Wildman–Crippen MR) is 130 cm³/mol. The lowest BCUT2D eigenvalue weighted by atomic mass is 10.2. The Labute approximate surface area is 206 Å². The van der Waals surface area contributed by atoms with Crippen molar-refractivity contribution in [2.45, 2.75) is 13.5 Å². The van der Waals surface area contributed by atoms with Crippen LogP contribution in [0.25, 0.3) is 6.08 Å². The molecule has 0 unspecified atom stereocenters. The molecule has 0 aliphatic heterocycles.